The molecule has 3 heteroatoms. The minimum Gasteiger partial charge on any atom is -0.330 e. The molecule has 1 aromatic carbocycles. The Morgan fingerprint density at radius 1 is 1.50 bits per heavy atom. The van der Waals surface area contributed by atoms with Gasteiger partial charge in [-0.2, -0.15) is 0 Å². The summed E-state index contributed by atoms with van der Waals surface area (Å²) in [5, 5.41) is 0. The summed E-state index contributed by atoms with van der Waals surface area (Å²) in [6, 6.07) is 6.16. The van der Waals surface area contributed by atoms with Crippen LogP contribution in [-0.2, 0) is 11.2 Å². The van der Waals surface area contributed by atoms with Crippen LogP contribution in [0, 0.1) is 11.7 Å². The molecule has 0 aliphatic carbocycles. The van der Waals surface area contributed by atoms with E-state index < -0.39 is 0 Å². The van der Waals surface area contributed by atoms with Crippen LogP contribution in [0.3, 0.4) is 0 Å². The lowest BCUT2D eigenvalue weighted by molar-refractivity contribution is -0.122. The molecule has 88 valence electrons. The quantitative estimate of drug-likeness (QED) is 0.804. The van der Waals surface area contributed by atoms with E-state index in [-0.39, 0.29) is 23.9 Å². The molecule has 1 unspecified atom stereocenters. The van der Waals surface area contributed by atoms with E-state index in [1.54, 1.807) is 12.1 Å². The molecule has 1 aromatic rings. The molecule has 0 aliphatic rings. The zero-order valence-corrected chi connectivity index (χ0v) is 9.58. The molecule has 0 saturated heterocycles. The van der Waals surface area contributed by atoms with Crippen LogP contribution in [0.5, 0.6) is 0 Å². The molecule has 0 bridgehead atoms. The van der Waals surface area contributed by atoms with Crippen LogP contribution in [-0.4, -0.2) is 12.3 Å². The van der Waals surface area contributed by atoms with Crippen LogP contribution in [0.25, 0.3) is 0 Å². The third-order valence-electron chi connectivity index (χ3n) is 2.64. The largest absolute Gasteiger partial charge is 0.330 e. The molecule has 0 aliphatic heterocycles. The molecule has 1 atom stereocenters. The Morgan fingerprint density at radius 2 is 2.25 bits per heavy atom. The Hall–Kier alpha value is -1.22. The van der Waals surface area contributed by atoms with Gasteiger partial charge in [-0.15, -0.1) is 0 Å². The SMILES string of the molecule is CCCC(CN)C(=O)Cc1cccc(F)c1. The number of carbonyl (C=O) groups excluding carboxylic acids is 1. The van der Waals surface area contributed by atoms with Crippen molar-refractivity contribution in [3.05, 3.63) is 35.6 Å². The number of ketones is 1. The second-order valence-corrected chi connectivity index (χ2v) is 3.99. The van der Waals surface area contributed by atoms with Gasteiger partial charge in [-0.25, -0.2) is 4.39 Å². The fraction of sp³-hybridized carbons (Fsp3) is 0.462. The second kappa shape index (κ2) is 6.38. The molecular formula is C13H18FNO. The Bertz CT molecular complexity index is 352. The summed E-state index contributed by atoms with van der Waals surface area (Å²) in [6.45, 7) is 2.40. The van der Waals surface area contributed by atoms with Gasteiger partial charge >= 0.3 is 0 Å². The summed E-state index contributed by atoms with van der Waals surface area (Å²) in [5.41, 5.74) is 6.27. The number of hydrogen-bond acceptors (Lipinski definition) is 2. The van der Waals surface area contributed by atoms with Crippen LogP contribution in [0.4, 0.5) is 4.39 Å². The number of rotatable bonds is 6. The first-order chi connectivity index (χ1) is 7.67. The Kier molecular flexibility index (Phi) is 5.12. The average molecular weight is 223 g/mol. The van der Waals surface area contributed by atoms with Gasteiger partial charge in [-0.05, 0) is 24.1 Å². The van der Waals surface area contributed by atoms with Crippen LogP contribution >= 0.6 is 0 Å². The van der Waals surface area contributed by atoms with Gasteiger partial charge in [0, 0.05) is 18.9 Å². The van der Waals surface area contributed by atoms with E-state index in [9.17, 15) is 9.18 Å². The van der Waals surface area contributed by atoms with Crippen LogP contribution in [0.2, 0.25) is 0 Å². The first-order valence-electron chi connectivity index (χ1n) is 5.64. The molecule has 0 spiro atoms. The predicted molar refractivity (Wildman–Crippen MR) is 62.6 cm³/mol. The fourth-order valence-electron chi connectivity index (χ4n) is 1.75. The normalized spacial score (nSPS) is 12.4. The van der Waals surface area contributed by atoms with Crippen LogP contribution in [0.15, 0.2) is 24.3 Å². The van der Waals surface area contributed by atoms with Crippen molar-refractivity contribution in [1.29, 1.82) is 0 Å². The lowest BCUT2D eigenvalue weighted by atomic mass is 9.94. The van der Waals surface area contributed by atoms with E-state index >= 15 is 0 Å². The smallest absolute Gasteiger partial charge is 0.141 e. The highest BCUT2D eigenvalue weighted by atomic mass is 19.1. The highest BCUT2D eigenvalue weighted by Crippen LogP contribution is 2.11. The highest BCUT2D eigenvalue weighted by molar-refractivity contribution is 5.83. The van der Waals surface area contributed by atoms with Crippen molar-refractivity contribution in [2.45, 2.75) is 26.2 Å². The third kappa shape index (κ3) is 3.74. The van der Waals surface area contributed by atoms with Crippen molar-refractivity contribution in [2.75, 3.05) is 6.54 Å². The van der Waals surface area contributed by atoms with Gasteiger partial charge in [0.25, 0.3) is 0 Å². The van der Waals surface area contributed by atoms with E-state index in [2.05, 4.69) is 0 Å². The molecule has 0 aromatic heterocycles. The van der Waals surface area contributed by atoms with Crippen LogP contribution < -0.4 is 5.73 Å². The minimum absolute atomic E-state index is 0.0896. The molecule has 16 heavy (non-hydrogen) atoms. The summed E-state index contributed by atoms with van der Waals surface area (Å²) in [7, 11) is 0. The second-order valence-electron chi connectivity index (χ2n) is 3.99. The summed E-state index contributed by atoms with van der Waals surface area (Å²) < 4.78 is 12.9. The van der Waals surface area contributed by atoms with E-state index in [0.717, 1.165) is 18.4 Å². The van der Waals surface area contributed by atoms with Crippen molar-refractivity contribution in [2.24, 2.45) is 11.7 Å². The van der Waals surface area contributed by atoms with Gasteiger partial charge < -0.3 is 5.73 Å². The first kappa shape index (κ1) is 12.8. The first-order valence-corrected chi connectivity index (χ1v) is 5.64. The van der Waals surface area contributed by atoms with Gasteiger partial charge in [0.15, 0.2) is 0 Å². The van der Waals surface area contributed by atoms with E-state index in [1.807, 2.05) is 6.92 Å². The molecule has 0 amide bonds. The average Bonchev–Trinajstić information content (AvgIpc) is 2.25. The standard InChI is InChI=1S/C13H18FNO/c1-2-4-11(9-15)13(16)8-10-5-3-6-12(14)7-10/h3,5-7,11H,2,4,8-9,15H2,1H3. The number of Topliss-reactive ketones (excluding diaryl/α,β-unsaturated/α-hetero) is 1. The van der Waals surface area contributed by atoms with E-state index in [1.165, 1.54) is 12.1 Å². The zero-order valence-electron chi connectivity index (χ0n) is 9.58. The Morgan fingerprint density at radius 3 is 2.81 bits per heavy atom. The molecular weight excluding hydrogens is 205 g/mol. The van der Waals surface area contributed by atoms with Crippen LogP contribution in [0.1, 0.15) is 25.3 Å². The number of hydrogen-bond donors (Lipinski definition) is 1. The minimum atomic E-state index is -0.301. The summed E-state index contributed by atoms with van der Waals surface area (Å²) in [4.78, 5) is 11.8. The highest BCUT2D eigenvalue weighted by Gasteiger charge is 2.15. The molecule has 2 nitrogen and oxygen atoms in total. The summed E-state index contributed by atoms with van der Waals surface area (Å²) >= 11 is 0. The van der Waals surface area contributed by atoms with Gasteiger partial charge in [0.05, 0.1) is 0 Å². The summed E-state index contributed by atoms with van der Waals surface area (Å²) in [6.07, 6.45) is 2.03. The molecule has 0 heterocycles. The Labute approximate surface area is 95.7 Å². The van der Waals surface area contributed by atoms with Gasteiger partial charge in [0.2, 0.25) is 0 Å². The maximum atomic E-state index is 12.9. The van der Waals surface area contributed by atoms with Gasteiger partial charge in [0.1, 0.15) is 11.6 Å². The van der Waals surface area contributed by atoms with Crippen molar-refractivity contribution in [3.8, 4) is 0 Å². The number of nitrogens with two attached hydrogens (primary N) is 1. The monoisotopic (exact) mass is 223 g/mol. The third-order valence-corrected chi connectivity index (χ3v) is 2.64. The van der Waals surface area contributed by atoms with Crippen molar-refractivity contribution < 1.29 is 9.18 Å². The number of halogens is 1. The van der Waals surface area contributed by atoms with Crippen molar-refractivity contribution in [1.82, 2.24) is 0 Å². The van der Waals surface area contributed by atoms with Crippen molar-refractivity contribution in [3.63, 3.8) is 0 Å². The zero-order chi connectivity index (χ0) is 12.0. The molecule has 0 saturated carbocycles. The number of benzene rings is 1. The molecule has 1 rings (SSSR count). The maximum absolute atomic E-state index is 12.9. The predicted octanol–water partition coefficient (Wildman–Crippen LogP) is 2.31. The topological polar surface area (TPSA) is 43.1 Å². The summed E-state index contributed by atoms with van der Waals surface area (Å²) in [5.74, 6) is -0.284. The Balaban J connectivity index is 2.62. The molecule has 0 fully saturated rings. The lowest BCUT2D eigenvalue weighted by Crippen LogP contribution is -2.25. The van der Waals surface area contributed by atoms with Gasteiger partial charge in [-0.1, -0.05) is 25.5 Å². The fourth-order valence-corrected chi connectivity index (χ4v) is 1.75. The maximum Gasteiger partial charge on any atom is 0.141 e. The van der Waals surface area contributed by atoms with E-state index in [4.69, 9.17) is 5.73 Å². The molecule has 2 N–H and O–H groups in total. The van der Waals surface area contributed by atoms with E-state index in [0.29, 0.717) is 6.54 Å². The van der Waals surface area contributed by atoms with Crippen molar-refractivity contribution >= 4 is 5.78 Å². The molecule has 0 radical (unpaired) electrons. The lowest BCUT2D eigenvalue weighted by Gasteiger charge is -2.12. The number of carbonyl (C=O) groups is 1. The van der Waals surface area contributed by atoms with Gasteiger partial charge in [-0.3, -0.25) is 4.79 Å².